The highest BCUT2D eigenvalue weighted by Crippen LogP contribution is 2.26. The van der Waals surface area contributed by atoms with Crippen LogP contribution in [-0.4, -0.2) is 50.1 Å². The highest BCUT2D eigenvalue weighted by Gasteiger charge is 2.30. The van der Waals surface area contributed by atoms with Crippen molar-refractivity contribution < 1.29 is 23.8 Å². The normalized spacial score (nSPS) is 11.3. The van der Waals surface area contributed by atoms with Crippen molar-refractivity contribution in [2.45, 2.75) is 25.9 Å². The second-order valence-corrected chi connectivity index (χ2v) is 7.91. The first-order valence-corrected chi connectivity index (χ1v) is 11.6. The Labute approximate surface area is 206 Å². The van der Waals surface area contributed by atoms with Gasteiger partial charge >= 0.3 is 0 Å². The molecular weight excluding hydrogens is 444 g/mol. The van der Waals surface area contributed by atoms with Gasteiger partial charge in [-0.25, -0.2) is 0 Å². The zero-order chi connectivity index (χ0) is 25.0. The fourth-order valence-electron chi connectivity index (χ4n) is 3.77. The average molecular weight is 477 g/mol. The predicted molar refractivity (Wildman–Crippen MR) is 135 cm³/mol. The molecule has 0 aliphatic rings. The molecule has 7 heteroatoms. The van der Waals surface area contributed by atoms with Gasteiger partial charge < -0.3 is 24.4 Å². The molecule has 2 amide bonds. The van der Waals surface area contributed by atoms with Gasteiger partial charge in [0.1, 0.15) is 11.8 Å². The number of likely N-dealkylation sites (N-methyl/N-ethyl adjacent to an activating group) is 1. The maximum absolute atomic E-state index is 13.6. The lowest BCUT2D eigenvalue weighted by Crippen LogP contribution is -2.51. The van der Waals surface area contributed by atoms with Gasteiger partial charge in [-0.05, 0) is 42.3 Å². The van der Waals surface area contributed by atoms with Gasteiger partial charge in [0.2, 0.25) is 5.91 Å². The van der Waals surface area contributed by atoms with Gasteiger partial charge in [0, 0.05) is 19.5 Å². The van der Waals surface area contributed by atoms with Crippen molar-refractivity contribution in [2.75, 3.05) is 27.4 Å². The standard InChI is InChI=1S/C28H32N2O5/c1-4-29-28(32)24(18-21-11-6-5-7-12-21)30(19-22-13-10-14-23(17-22)33-2)27(31)20-35-26-16-9-8-15-25(26)34-3/h5-17,24H,4,18-20H2,1-3H3,(H,29,32)/t24-/m0/s1. The number of ether oxygens (including phenoxy) is 3. The van der Waals surface area contributed by atoms with Crippen LogP contribution in [0.3, 0.4) is 0 Å². The summed E-state index contributed by atoms with van der Waals surface area (Å²) < 4.78 is 16.5. The molecule has 0 unspecified atom stereocenters. The van der Waals surface area contributed by atoms with Crippen molar-refractivity contribution in [2.24, 2.45) is 0 Å². The Morgan fingerprint density at radius 3 is 2.23 bits per heavy atom. The van der Waals surface area contributed by atoms with Crippen molar-refractivity contribution in [3.05, 3.63) is 90.0 Å². The van der Waals surface area contributed by atoms with Crippen LogP contribution in [-0.2, 0) is 22.6 Å². The SMILES string of the molecule is CCNC(=O)[C@H](Cc1ccccc1)N(Cc1cccc(OC)c1)C(=O)COc1ccccc1OC. The molecule has 0 saturated carbocycles. The fraction of sp³-hybridized carbons (Fsp3) is 0.286. The highest BCUT2D eigenvalue weighted by atomic mass is 16.5. The van der Waals surface area contributed by atoms with Crippen molar-refractivity contribution in [3.63, 3.8) is 0 Å². The van der Waals surface area contributed by atoms with Crippen LogP contribution in [0.4, 0.5) is 0 Å². The van der Waals surface area contributed by atoms with Crippen LogP contribution >= 0.6 is 0 Å². The molecule has 3 aromatic rings. The number of benzene rings is 3. The Morgan fingerprint density at radius 2 is 1.54 bits per heavy atom. The van der Waals surface area contributed by atoms with Crippen LogP contribution in [0.1, 0.15) is 18.1 Å². The second kappa shape index (κ2) is 13.0. The molecule has 0 aliphatic heterocycles. The summed E-state index contributed by atoms with van der Waals surface area (Å²) in [6, 6.07) is 23.5. The summed E-state index contributed by atoms with van der Waals surface area (Å²) in [5, 5.41) is 2.88. The zero-order valence-electron chi connectivity index (χ0n) is 20.4. The van der Waals surface area contributed by atoms with Gasteiger partial charge in [-0.1, -0.05) is 54.6 Å². The number of carbonyl (C=O) groups excluding carboxylic acids is 2. The summed E-state index contributed by atoms with van der Waals surface area (Å²) in [5.41, 5.74) is 1.80. The minimum Gasteiger partial charge on any atom is -0.497 e. The van der Waals surface area contributed by atoms with E-state index in [0.29, 0.717) is 30.2 Å². The molecule has 3 aromatic carbocycles. The average Bonchev–Trinajstić information content (AvgIpc) is 2.90. The van der Waals surface area contributed by atoms with Gasteiger partial charge in [-0.2, -0.15) is 0 Å². The maximum Gasteiger partial charge on any atom is 0.261 e. The van der Waals surface area contributed by atoms with Crippen molar-refractivity contribution in [1.82, 2.24) is 10.2 Å². The summed E-state index contributed by atoms with van der Waals surface area (Å²) in [5.74, 6) is 1.14. The minimum atomic E-state index is -0.725. The van der Waals surface area contributed by atoms with Gasteiger partial charge in [0.25, 0.3) is 5.91 Å². The molecule has 0 aromatic heterocycles. The Hall–Kier alpha value is -4.00. The van der Waals surface area contributed by atoms with Crippen LogP contribution < -0.4 is 19.5 Å². The van der Waals surface area contributed by atoms with E-state index in [2.05, 4.69) is 5.32 Å². The first-order valence-electron chi connectivity index (χ1n) is 11.6. The Bertz CT molecular complexity index is 1100. The highest BCUT2D eigenvalue weighted by molar-refractivity contribution is 5.88. The lowest BCUT2D eigenvalue weighted by molar-refractivity contribution is -0.142. The number of hydrogen-bond donors (Lipinski definition) is 1. The third-order valence-corrected chi connectivity index (χ3v) is 5.53. The Kier molecular flexibility index (Phi) is 9.54. The molecule has 0 aliphatic carbocycles. The molecule has 3 rings (SSSR count). The number of para-hydroxylation sites is 2. The van der Waals surface area contributed by atoms with E-state index in [0.717, 1.165) is 11.1 Å². The monoisotopic (exact) mass is 476 g/mol. The number of carbonyl (C=O) groups is 2. The molecule has 1 N–H and O–H groups in total. The van der Waals surface area contributed by atoms with Gasteiger partial charge in [0.15, 0.2) is 18.1 Å². The quantitative estimate of drug-likeness (QED) is 0.430. The van der Waals surface area contributed by atoms with E-state index in [9.17, 15) is 9.59 Å². The molecule has 0 bridgehead atoms. The van der Waals surface area contributed by atoms with Gasteiger partial charge in [-0.15, -0.1) is 0 Å². The van der Waals surface area contributed by atoms with Crippen molar-refractivity contribution >= 4 is 11.8 Å². The molecule has 7 nitrogen and oxygen atoms in total. The Balaban J connectivity index is 1.91. The van der Waals surface area contributed by atoms with Crippen LogP contribution in [0.5, 0.6) is 17.2 Å². The fourth-order valence-corrected chi connectivity index (χ4v) is 3.77. The molecular formula is C28H32N2O5. The second-order valence-electron chi connectivity index (χ2n) is 7.91. The number of hydrogen-bond acceptors (Lipinski definition) is 5. The van der Waals surface area contributed by atoms with E-state index >= 15 is 0 Å². The molecule has 184 valence electrons. The molecule has 0 radical (unpaired) electrons. The van der Waals surface area contributed by atoms with Crippen LogP contribution in [0.2, 0.25) is 0 Å². The van der Waals surface area contributed by atoms with Crippen molar-refractivity contribution in [3.8, 4) is 17.2 Å². The summed E-state index contributed by atoms with van der Waals surface area (Å²) >= 11 is 0. The zero-order valence-corrected chi connectivity index (χ0v) is 20.4. The molecule has 0 spiro atoms. The number of amides is 2. The van der Waals surface area contributed by atoms with E-state index in [1.54, 1.807) is 31.3 Å². The smallest absolute Gasteiger partial charge is 0.261 e. The molecule has 0 heterocycles. The molecule has 0 saturated heterocycles. The summed E-state index contributed by atoms with van der Waals surface area (Å²) in [6.07, 6.45) is 0.372. The number of nitrogens with zero attached hydrogens (tertiary/aromatic N) is 1. The number of nitrogens with one attached hydrogen (secondary N) is 1. The maximum atomic E-state index is 13.6. The van der Waals surface area contributed by atoms with E-state index < -0.39 is 6.04 Å². The molecule has 35 heavy (non-hydrogen) atoms. The summed E-state index contributed by atoms with van der Waals surface area (Å²) in [4.78, 5) is 28.3. The number of methoxy groups -OCH3 is 2. The molecule has 1 atom stereocenters. The van der Waals surface area contributed by atoms with Gasteiger partial charge in [-0.3, -0.25) is 9.59 Å². The Morgan fingerprint density at radius 1 is 0.857 bits per heavy atom. The third kappa shape index (κ3) is 7.24. The first-order chi connectivity index (χ1) is 17.0. The van der Waals surface area contributed by atoms with Crippen LogP contribution in [0.25, 0.3) is 0 Å². The minimum absolute atomic E-state index is 0.218. The lowest BCUT2D eigenvalue weighted by Gasteiger charge is -2.31. The first kappa shape index (κ1) is 25.6. The van der Waals surface area contributed by atoms with E-state index in [1.807, 2.05) is 73.7 Å². The lowest BCUT2D eigenvalue weighted by atomic mass is 10.0. The summed E-state index contributed by atoms with van der Waals surface area (Å²) in [7, 11) is 3.14. The van der Waals surface area contributed by atoms with E-state index in [1.165, 1.54) is 0 Å². The summed E-state index contributed by atoms with van der Waals surface area (Å²) in [6.45, 7) is 2.30. The van der Waals surface area contributed by atoms with E-state index in [-0.39, 0.29) is 25.0 Å². The largest absolute Gasteiger partial charge is 0.497 e. The van der Waals surface area contributed by atoms with E-state index in [4.69, 9.17) is 14.2 Å². The topological polar surface area (TPSA) is 77.1 Å². The number of rotatable bonds is 12. The predicted octanol–water partition coefficient (Wildman–Crippen LogP) is 3.86. The van der Waals surface area contributed by atoms with Crippen LogP contribution in [0, 0.1) is 0 Å². The van der Waals surface area contributed by atoms with Crippen LogP contribution in [0.15, 0.2) is 78.9 Å². The third-order valence-electron chi connectivity index (χ3n) is 5.53. The van der Waals surface area contributed by atoms with Crippen molar-refractivity contribution in [1.29, 1.82) is 0 Å². The molecule has 0 fully saturated rings. The van der Waals surface area contributed by atoms with Gasteiger partial charge in [0.05, 0.1) is 14.2 Å².